The molecule has 1 aliphatic heterocycles. The van der Waals surface area contributed by atoms with Crippen LogP contribution in [0.5, 0.6) is 0 Å². The minimum Gasteiger partial charge on any atom is -0.259 e. The topological polar surface area (TPSA) is 78.2 Å². The molecule has 0 saturated carbocycles. The normalized spacial score (nSPS) is 18.1. The average Bonchev–Trinajstić information content (AvgIpc) is 2.39. The standard InChI is InChI=1S/C12H14N2O3S2/c13-9-11-3-1-2-4-12(11)10-19(16,17)14-5-7-18(15)8-6-14/h1-4H,5-8,10H2. The molecule has 0 N–H and O–H groups in total. The third-order valence-corrected chi connectivity index (χ3v) is 6.11. The van der Waals surface area contributed by atoms with E-state index in [2.05, 4.69) is 0 Å². The van der Waals surface area contributed by atoms with Crippen molar-refractivity contribution >= 4 is 20.8 Å². The molecule has 1 fully saturated rings. The summed E-state index contributed by atoms with van der Waals surface area (Å²) in [7, 11) is -4.35. The Balaban J connectivity index is 2.18. The minimum atomic E-state index is -3.44. The summed E-state index contributed by atoms with van der Waals surface area (Å²) < 4.78 is 37.1. The molecule has 1 heterocycles. The van der Waals surface area contributed by atoms with Gasteiger partial charge in [0.15, 0.2) is 0 Å². The highest BCUT2D eigenvalue weighted by atomic mass is 32.2. The summed E-state index contributed by atoms with van der Waals surface area (Å²) in [5, 5.41) is 8.96. The summed E-state index contributed by atoms with van der Waals surface area (Å²) in [4.78, 5) is 0. The van der Waals surface area contributed by atoms with Gasteiger partial charge >= 0.3 is 0 Å². The molecule has 0 radical (unpaired) electrons. The van der Waals surface area contributed by atoms with E-state index in [1.54, 1.807) is 24.3 Å². The number of nitriles is 1. The van der Waals surface area contributed by atoms with Gasteiger partial charge in [0.2, 0.25) is 10.0 Å². The summed E-state index contributed by atoms with van der Waals surface area (Å²) >= 11 is 0. The molecule has 5 nitrogen and oxygen atoms in total. The van der Waals surface area contributed by atoms with Crippen LogP contribution >= 0.6 is 0 Å². The molecule has 1 aromatic carbocycles. The van der Waals surface area contributed by atoms with Gasteiger partial charge in [0.05, 0.1) is 17.4 Å². The fourth-order valence-corrected chi connectivity index (χ4v) is 4.79. The molecule has 2 rings (SSSR count). The van der Waals surface area contributed by atoms with E-state index >= 15 is 0 Å². The molecule has 0 aromatic heterocycles. The van der Waals surface area contributed by atoms with Crippen LogP contribution in [0.25, 0.3) is 0 Å². The second-order valence-corrected chi connectivity index (χ2v) is 7.94. The van der Waals surface area contributed by atoms with E-state index in [1.807, 2.05) is 6.07 Å². The van der Waals surface area contributed by atoms with Gasteiger partial charge in [-0.2, -0.15) is 9.57 Å². The van der Waals surface area contributed by atoms with Gasteiger partial charge in [-0.15, -0.1) is 0 Å². The van der Waals surface area contributed by atoms with Crippen LogP contribution in [0, 0.1) is 11.3 Å². The molecule has 0 aliphatic carbocycles. The molecule has 102 valence electrons. The maximum Gasteiger partial charge on any atom is 0.218 e. The Hall–Kier alpha value is -1.23. The van der Waals surface area contributed by atoms with Crippen LogP contribution in [0.15, 0.2) is 24.3 Å². The van der Waals surface area contributed by atoms with Crippen LogP contribution in [0.3, 0.4) is 0 Å². The number of benzene rings is 1. The zero-order chi connectivity index (χ0) is 13.9. The van der Waals surface area contributed by atoms with Gasteiger partial charge in [-0.1, -0.05) is 18.2 Å². The Morgan fingerprint density at radius 2 is 1.89 bits per heavy atom. The largest absolute Gasteiger partial charge is 0.259 e. The van der Waals surface area contributed by atoms with Crippen molar-refractivity contribution in [1.29, 1.82) is 5.26 Å². The van der Waals surface area contributed by atoms with Gasteiger partial charge in [-0.05, 0) is 11.6 Å². The Bertz CT molecular complexity index is 625. The fourth-order valence-electron chi connectivity index (χ4n) is 1.94. The van der Waals surface area contributed by atoms with Crippen molar-refractivity contribution in [2.45, 2.75) is 5.75 Å². The lowest BCUT2D eigenvalue weighted by atomic mass is 10.1. The molecular formula is C12H14N2O3S2. The van der Waals surface area contributed by atoms with Crippen molar-refractivity contribution in [3.05, 3.63) is 35.4 Å². The average molecular weight is 298 g/mol. The van der Waals surface area contributed by atoms with Gasteiger partial charge in [0.1, 0.15) is 0 Å². The van der Waals surface area contributed by atoms with Crippen molar-refractivity contribution in [2.24, 2.45) is 0 Å². The van der Waals surface area contributed by atoms with E-state index in [-0.39, 0.29) is 5.75 Å². The van der Waals surface area contributed by atoms with E-state index < -0.39 is 20.8 Å². The molecule has 0 unspecified atom stereocenters. The monoisotopic (exact) mass is 298 g/mol. The first-order chi connectivity index (χ1) is 9.03. The first-order valence-electron chi connectivity index (χ1n) is 5.84. The Kier molecular flexibility index (Phi) is 4.34. The predicted octanol–water partition coefficient (Wildman–Crippen LogP) is 0.452. The second-order valence-electron chi connectivity index (χ2n) is 4.27. The van der Waals surface area contributed by atoms with E-state index in [4.69, 9.17) is 5.26 Å². The van der Waals surface area contributed by atoms with Gasteiger partial charge in [-0.25, -0.2) is 8.42 Å². The van der Waals surface area contributed by atoms with Crippen molar-refractivity contribution in [1.82, 2.24) is 4.31 Å². The SMILES string of the molecule is N#Cc1ccccc1CS(=O)(=O)N1CCS(=O)CC1. The third kappa shape index (κ3) is 3.41. The van der Waals surface area contributed by atoms with Gasteiger partial charge in [0, 0.05) is 35.4 Å². The first kappa shape index (κ1) is 14.2. The first-order valence-corrected chi connectivity index (χ1v) is 8.93. The van der Waals surface area contributed by atoms with Crippen LogP contribution in [0.4, 0.5) is 0 Å². The molecule has 0 atom stereocenters. The van der Waals surface area contributed by atoms with Crippen molar-refractivity contribution in [3.63, 3.8) is 0 Å². The molecule has 19 heavy (non-hydrogen) atoms. The summed E-state index contributed by atoms with van der Waals surface area (Å²) in [6.45, 7) is 0.591. The predicted molar refractivity (Wildman–Crippen MR) is 73.2 cm³/mol. The van der Waals surface area contributed by atoms with E-state index in [1.165, 1.54) is 4.31 Å². The smallest absolute Gasteiger partial charge is 0.218 e. The quantitative estimate of drug-likeness (QED) is 0.812. The summed E-state index contributed by atoms with van der Waals surface area (Å²) in [6.07, 6.45) is 0. The number of sulfonamides is 1. The van der Waals surface area contributed by atoms with Crippen LogP contribution in [-0.4, -0.2) is 41.5 Å². The van der Waals surface area contributed by atoms with E-state index in [9.17, 15) is 12.6 Å². The van der Waals surface area contributed by atoms with Crippen LogP contribution < -0.4 is 0 Å². The van der Waals surface area contributed by atoms with E-state index in [0.717, 1.165) is 0 Å². The molecule has 7 heteroatoms. The zero-order valence-corrected chi connectivity index (χ0v) is 11.9. The van der Waals surface area contributed by atoms with Gasteiger partial charge in [0.25, 0.3) is 0 Å². The Labute approximate surface area is 115 Å². The second kappa shape index (κ2) is 5.82. The van der Waals surface area contributed by atoms with Gasteiger partial charge in [-0.3, -0.25) is 4.21 Å². The molecule has 0 spiro atoms. The number of hydrogen-bond acceptors (Lipinski definition) is 4. The Morgan fingerprint density at radius 3 is 2.53 bits per heavy atom. The van der Waals surface area contributed by atoms with E-state index in [0.29, 0.717) is 35.7 Å². The molecule has 1 aromatic rings. The summed E-state index contributed by atoms with van der Waals surface area (Å²) in [6, 6.07) is 8.68. The highest BCUT2D eigenvalue weighted by Gasteiger charge is 2.27. The molecular weight excluding hydrogens is 284 g/mol. The van der Waals surface area contributed by atoms with Crippen LogP contribution in [0.1, 0.15) is 11.1 Å². The Morgan fingerprint density at radius 1 is 1.26 bits per heavy atom. The highest BCUT2D eigenvalue weighted by molar-refractivity contribution is 7.88. The van der Waals surface area contributed by atoms with Crippen LogP contribution in [0.2, 0.25) is 0 Å². The fraction of sp³-hybridized carbons (Fsp3) is 0.417. The number of hydrogen-bond donors (Lipinski definition) is 0. The summed E-state index contributed by atoms with van der Waals surface area (Å²) in [5.41, 5.74) is 0.892. The van der Waals surface area contributed by atoms with Crippen molar-refractivity contribution < 1.29 is 12.6 Å². The van der Waals surface area contributed by atoms with Crippen molar-refractivity contribution in [2.75, 3.05) is 24.6 Å². The number of rotatable bonds is 3. The number of nitrogens with zero attached hydrogens (tertiary/aromatic N) is 2. The van der Waals surface area contributed by atoms with Crippen molar-refractivity contribution in [3.8, 4) is 6.07 Å². The lowest BCUT2D eigenvalue weighted by Gasteiger charge is -2.25. The molecule has 1 saturated heterocycles. The lowest BCUT2D eigenvalue weighted by Crippen LogP contribution is -2.42. The zero-order valence-electron chi connectivity index (χ0n) is 10.3. The third-order valence-electron chi connectivity index (χ3n) is 3.01. The minimum absolute atomic E-state index is 0.177. The molecule has 1 aliphatic rings. The van der Waals surface area contributed by atoms with Crippen LogP contribution in [-0.2, 0) is 26.6 Å². The molecule has 0 bridgehead atoms. The maximum absolute atomic E-state index is 12.2. The molecule has 0 amide bonds. The lowest BCUT2D eigenvalue weighted by molar-refractivity contribution is 0.438. The highest BCUT2D eigenvalue weighted by Crippen LogP contribution is 2.16. The maximum atomic E-state index is 12.2. The van der Waals surface area contributed by atoms with Gasteiger partial charge < -0.3 is 0 Å². The summed E-state index contributed by atoms with van der Waals surface area (Å²) in [5.74, 6) is 0.599.